The lowest BCUT2D eigenvalue weighted by Crippen LogP contribution is -2.28. The molecule has 0 bridgehead atoms. The van der Waals surface area contributed by atoms with E-state index in [1.807, 2.05) is 0 Å². The molecule has 0 aliphatic carbocycles. The highest BCUT2D eigenvalue weighted by Gasteiger charge is 2.35. The van der Waals surface area contributed by atoms with Crippen molar-refractivity contribution in [3.63, 3.8) is 0 Å². The van der Waals surface area contributed by atoms with Crippen LogP contribution in [0.25, 0.3) is 0 Å². The summed E-state index contributed by atoms with van der Waals surface area (Å²) in [5.41, 5.74) is 0.114. The number of hydrogen-bond acceptors (Lipinski definition) is 1. The minimum Gasteiger partial charge on any atom is -0.313 e. The molecule has 1 fully saturated rings. The first kappa shape index (κ1) is 7.99. The van der Waals surface area contributed by atoms with E-state index in [0.29, 0.717) is 6.54 Å². The van der Waals surface area contributed by atoms with Crippen LogP contribution in [-0.4, -0.2) is 19.3 Å². The summed E-state index contributed by atoms with van der Waals surface area (Å²) in [5.74, 6) is 0.201. The Balaban J connectivity index is 2.55. The zero-order valence-electron chi connectivity index (χ0n) is 6.95. The predicted octanol–water partition coefficient (Wildman–Crippen LogP) is 1.59. The molecule has 1 rings (SSSR count). The van der Waals surface area contributed by atoms with Crippen molar-refractivity contribution in [2.45, 2.75) is 26.9 Å². The summed E-state index contributed by atoms with van der Waals surface area (Å²) in [7, 11) is 0. The summed E-state index contributed by atoms with van der Waals surface area (Å²) in [6, 6.07) is 0. The van der Waals surface area contributed by atoms with Gasteiger partial charge in [-0.15, -0.1) is 0 Å². The zero-order chi connectivity index (χ0) is 7.78. The molecule has 2 atom stereocenters. The molecule has 0 radical (unpaired) electrons. The Morgan fingerprint density at radius 1 is 1.30 bits per heavy atom. The number of nitrogens with one attached hydrogen (secondary N) is 1. The molecule has 0 spiro atoms. The van der Waals surface area contributed by atoms with Gasteiger partial charge in [-0.05, 0) is 5.41 Å². The minimum atomic E-state index is -0.639. The second-order valence-corrected chi connectivity index (χ2v) is 4.15. The maximum atomic E-state index is 13.0. The van der Waals surface area contributed by atoms with E-state index in [1.165, 1.54) is 0 Å². The van der Waals surface area contributed by atoms with Crippen LogP contribution in [-0.2, 0) is 0 Å². The van der Waals surface area contributed by atoms with Crippen molar-refractivity contribution in [2.75, 3.05) is 13.1 Å². The van der Waals surface area contributed by atoms with E-state index in [1.54, 1.807) is 0 Å². The maximum Gasteiger partial charge on any atom is 0.117 e. The van der Waals surface area contributed by atoms with Crippen molar-refractivity contribution < 1.29 is 4.39 Å². The van der Waals surface area contributed by atoms with E-state index in [2.05, 4.69) is 26.1 Å². The lowest BCUT2D eigenvalue weighted by atomic mass is 9.79. The van der Waals surface area contributed by atoms with E-state index in [0.717, 1.165) is 6.54 Å². The fraction of sp³-hybridized carbons (Fsp3) is 1.00. The normalized spacial score (nSPS) is 34.8. The molecule has 0 aromatic rings. The molecule has 2 unspecified atom stereocenters. The van der Waals surface area contributed by atoms with Gasteiger partial charge in [0.1, 0.15) is 6.17 Å². The van der Waals surface area contributed by atoms with Crippen LogP contribution in [0.3, 0.4) is 0 Å². The molecule has 0 amide bonds. The average molecular weight is 145 g/mol. The van der Waals surface area contributed by atoms with Crippen molar-refractivity contribution in [2.24, 2.45) is 11.3 Å². The standard InChI is InChI=1S/C8H16FN/c1-8(2,3)6-4-10-5-7(6)9/h6-7,10H,4-5H2,1-3H3. The van der Waals surface area contributed by atoms with Crippen LogP contribution in [0, 0.1) is 11.3 Å². The van der Waals surface area contributed by atoms with Gasteiger partial charge < -0.3 is 5.32 Å². The Bertz CT molecular complexity index is 117. The van der Waals surface area contributed by atoms with Crippen LogP contribution < -0.4 is 5.32 Å². The number of alkyl halides is 1. The Morgan fingerprint density at radius 2 is 1.90 bits per heavy atom. The highest BCUT2D eigenvalue weighted by Crippen LogP contribution is 2.31. The molecule has 1 nitrogen and oxygen atoms in total. The van der Waals surface area contributed by atoms with Crippen LogP contribution in [0.4, 0.5) is 4.39 Å². The fourth-order valence-corrected chi connectivity index (χ4v) is 1.50. The molecule has 60 valence electrons. The number of halogens is 1. The van der Waals surface area contributed by atoms with E-state index < -0.39 is 6.17 Å². The summed E-state index contributed by atoms with van der Waals surface area (Å²) >= 11 is 0. The van der Waals surface area contributed by atoms with Crippen molar-refractivity contribution in [3.05, 3.63) is 0 Å². The number of hydrogen-bond donors (Lipinski definition) is 1. The van der Waals surface area contributed by atoms with Gasteiger partial charge >= 0.3 is 0 Å². The van der Waals surface area contributed by atoms with Gasteiger partial charge in [0.05, 0.1) is 0 Å². The molecule has 1 aliphatic rings. The summed E-state index contributed by atoms with van der Waals surface area (Å²) in [6.45, 7) is 7.67. The predicted molar refractivity (Wildman–Crippen MR) is 40.7 cm³/mol. The van der Waals surface area contributed by atoms with E-state index in [4.69, 9.17) is 0 Å². The Hall–Kier alpha value is -0.110. The van der Waals surface area contributed by atoms with Gasteiger partial charge in [0.15, 0.2) is 0 Å². The molecular formula is C8H16FN. The molecule has 0 aromatic heterocycles. The molecule has 1 heterocycles. The Kier molecular flexibility index (Phi) is 1.99. The van der Waals surface area contributed by atoms with Gasteiger partial charge in [-0.3, -0.25) is 0 Å². The highest BCUT2D eigenvalue weighted by molar-refractivity contribution is 4.88. The van der Waals surface area contributed by atoms with Gasteiger partial charge in [-0.2, -0.15) is 0 Å². The fourth-order valence-electron chi connectivity index (χ4n) is 1.50. The summed E-state index contributed by atoms with van der Waals surface area (Å²) in [5, 5.41) is 3.05. The second-order valence-electron chi connectivity index (χ2n) is 4.15. The molecule has 0 saturated carbocycles. The molecule has 1 N–H and O–H groups in total. The van der Waals surface area contributed by atoms with Gasteiger partial charge in [-0.1, -0.05) is 20.8 Å². The van der Waals surface area contributed by atoms with Crippen molar-refractivity contribution in [1.29, 1.82) is 0 Å². The maximum absolute atomic E-state index is 13.0. The summed E-state index contributed by atoms with van der Waals surface area (Å²) < 4.78 is 13.0. The first-order valence-corrected chi connectivity index (χ1v) is 3.86. The third-order valence-electron chi connectivity index (χ3n) is 2.25. The summed E-state index contributed by atoms with van der Waals surface area (Å²) in [6.07, 6.45) is -0.639. The van der Waals surface area contributed by atoms with E-state index >= 15 is 0 Å². The molecular weight excluding hydrogens is 129 g/mol. The third kappa shape index (κ3) is 1.48. The second kappa shape index (κ2) is 2.50. The van der Waals surface area contributed by atoms with Gasteiger partial charge in [-0.25, -0.2) is 4.39 Å². The first-order chi connectivity index (χ1) is 4.52. The van der Waals surface area contributed by atoms with Crippen molar-refractivity contribution in [3.8, 4) is 0 Å². The van der Waals surface area contributed by atoms with Crippen molar-refractivity contribution >= 4 is 0 Å². The summed E-state index contributed by atoms with van der Waals surface area (Å²) in [4.78, 5) is 0. The molecule has 1 saturated heterocycles. The zero-order valence-corrected chi connectivity index (χ0v) is 6.95. The monoisotopic (exact) mass is 145 g/mol. The van der Waals surface area contributed by atoms with Gasteiger partial charge in [0.25, 0.3) is 0 Å². The molecule has 0 aromatic carbocycles. The minimum absolute atomic E-state index is 0.114. The van der Waals surface area contributed by atoms with Gasteiger partial charge in [0, 0.05) is 19.0 Å². The molecule has 10 heavy (non-hydrogen) atoms. The Labute approximate surface area is 62.0 Å². The van der Waals surface area contributed by atoms with Gasteiger partial charge in [0.2, 0.25) is 0 Å². The van der Waals surface area contributed by atoms with E-state index in [9.17, 15) is 4.39 Å². The SMILES string of the molecule is CC(C)(C)C1CNCC1F. The molecule has 1 aliphatic heterocycles. The average Bonchev–Trinajstić information content (AvgIpc) is 2.11. The topological polar surface area (TPSA) is 12.0 Å². The van der Waals surface area contributed by atoms with Crippen LogP contribution in [0.2, 0.25) is 0 Å². The lowest BCUT2D eigenvalue weighted by molar-refractivity contribution is 0.160. The van der Waals surface area contributed by atoms with Crippen LogP contribution in [0.15, 0.2) is 0 Å². The molecule has 2 heteroatoms. The quantitative estimate of drug-likeness (QED) is 0.546. The van der Waals surface area contributed by atoms with Crippen LogP contribution in [0.5, 0.6) is 0 Å². The number of rotatable bonds is 0. The van der Waals surface area contributed by atoms with Crippen LogP contribution >= 0.6 is 0 Å². The largest absolute Gasteiger partial charge is 0.313 e. The smallest absolute Gasteiger partial charge is 0.117 e. The third-order valence-corrected chi connectivity index (χ3v) is 2.25. The lowest BCUT2D eigenvalue weighted by Gasteiger charge is -2.27. The van der Waals surface area contributed by atoms with E-state index in [-0.39, 0.29) is 11.3 Å². The first-order valence-electron chi connectivity index (χ1n) is 3.86. The van der Waals surface area contributed by atoms with Crippen molar-refractivity contribution in [1.82, 2.24) is 5.32 Å². The Morgan fingerprint density at radius 3 is 2.10 bits per heavy atom. The van der Waals surface area contributed by atoms with Crippen LogP contribution in [0.1, 0.15) is 20.8 Å². The highest BCUT2D eigenvalue weighted by atomic mass is 19.1.